The zero-order valence-corrected chi connectivity index (χ0v) is 17.3. The first kappa shape index (κ1) is 20.7. The molecule has 1 amide bonds. The third-order valence-corrected chi connectivity index (χ3v) is 4.89. The van der Waals surface area contributed by atoms with Crippen LogP contribution in [0.1, 0.15) is 35.0 Å². The SMILES string of the molecule is CCNC(=NCc1ccc(OC)c(NC(C)=O)c1)NCc1nc(C)c(C)s1. The van der Waals surface area contributed by atoms with Crippen molar-refractivity contribution in [2.45, 2.75) is 40.8 Å². The van der Waals surface area contributed by atoms with E-state index >= 15 is 0 Å². The molecule has 7 nitrogen and oxygen atoms in total. The van der Waals surface area contributed by atoms with Crippen molar-refractivity contribution in [3.8, 4) is 5.75 Å². The number of aromatic nitrogens is 1. The first-order valence-corrected chi connectivity index (χ1v) is 9.64. The lowest BCUT2D eigenvalue weighted by molar-refractivity contribution is -0.114. The van der Waals surface area contributed by atoms with E-state index in [9.17, 15) is 4.79 Å². The highest BCUT2D eigenvalue weighted by molar-refractivity contribution is 7.11. The van der Waals surface area contributed by atoms with Crippen molar-refractivity contribution >= 4 is 28.9 Å². The number of thiazole rings is 1. The van der Waals surface area contributed by atoms with E-state index in [2.05, 4.69) is 32.9 Å². The van der Waals surface area contributed by atoms with Gasteiger partial charge in [0.05, 0.1) is 31.6 Å². The van der Waals surface area contributed by atoms with Crippen molar-refractivity contribution in [1.82, 2.24) is 15.6 Å². The molecule has 1 heterocycles. The summed E-state index contributed by atoms with van der Waals surface area (Å²) in [6, 6.07) is 5.64. The minimum Gasteiger partial charge on any atom is -0.495 e. The molecule has 2 rings (SSSR count). The maximum atomic E-state index is 11.4. The van der Waals surface area contributed by atoms with Crippen LogP contribution in [-0.2, 0) is 17.9 Å². The molecule has 8 heteroatoms. The van der Waals surface area contributed by atoms with Gasteiger partial charge in [-0.1, -0.05) is 6.07 Å². The van der Waals surface area contributed by atoms with Gasteiger partial charge in [-0.25, -0.2) is 9.98 Å². The molecule has 0 saturated carbocycles. The summed E-state index contributed by atoms with van der Waals surface area (Å²) in [5, 5.41) is 10.4. The van der Waals surface area contributed by atoms with Crippen LogP contribution in [0.2, 0.25) is 0 Å². The van der Waals surface area contributed by atoms with Crippen molar-refractivity contribution in [3.63, 3.8) is 0 Å². The number of carbonyl (C=O) groups excluding carboxylic acids is 1. The predicted octanol–water partition coefficient (Wildman–Crippen LogP) is 2.98. The summed E-state index contributed by atoms with van der Waals surface area (Å²) in [5.74, 6) is 1.20. The van der Waals surface area contributed by atoms with Crippen LogP contribution < -0.4 is 20.7 Å². The number of ether oxygens (including phenoxy) is 1. The summed E-state index contributed by atoms with van der Waals surface area (Å²) in [6.07, 6.45) is 0. The molecule has 0 bridgehead atoms. The number of guanidine groups is 1. The normalized spacial score (nSPS) is 11.2. The van der Waals surface area contributed by atoms with Crippen molar-refractivity contribution in [1.29, 1.82) is 0 Å². The van der Waals surface area contributed by atoms with Crippen LogP contribution in [0.25, 0.3) is 0 Å². The molecule has 27 heavy (non-hydrogen) atoms. The number of anilines is 1. The van der Waals surface area contributed by atoms with E-state index in [4.69, 9.17) is 4.74 Å². The minimum absolute atomic E-state index is 0.141. The number of benzene rings is 1. The topological polar surface area (TPSA) is 87.6 Å². The molecule has 0 saturated heterocycles. The molecule has 0 spiro atoms. The lowest BCUT2D eigenvalue weighted by Gasteiger charge is -2.12. The van der Waals surface area contributed by atoms with Gasteiger partial charge in [-0.2, -0.15) is 0 Å². The van der Waals surface area contributed by atoms with E-state index in [1.807, 2.05) is 32.0 Å². The van der Waals surface area contributed by atoms with Crippen LogP contribution >= 0.6 is 11.3 Å². The Bertz CT molecular complexity index is 797. The quantitative estimate of drug-likeness (QED) is 0.501. The molecule has 0 aliphatic carbocycles. The van der Waals surface area contributed by atoms with Crippen LogP contribution in [0.15, 0.2) is 23.2 Å². The number of nitrogens with zero attached hydrogens (tertiary/aromatic N) is 2. The Morgan fingerprint density at radius 2 is 2.07 bits per heavy atom. The number of carbonyl (C=O) groups is 1. The molecule has 0 aliphatic heterocycles. The van der Waals surface area contributed by atoms with E-state index in [-0.39, 0.29) is 5.91 Å². The Morgan fingerprint density at radius 1 is 1.30 bits per heavy atom. The molecule has 0 fully saturated rings. The van der Waals surface area contributed by atoms with Crippen molar-refractivity contribution < 1.29 is 9.53 Å². The van der Waals surface area contributed by atoms with Gasteiger partial charge >= 0.3 is 0 Å². The first-order valence-electron chi connectivity index (χ1n) is 8.82. The van der Waals surface area contributed by atoms with E-state index in [1.165, 1.54) is 11.8 Å². The molecule has 2 aromatic rings. The second-order valence-electron chi connectivity index (χ2n) is 6.01. The standard InChI is InChI=1S/C19H27N5O2S/c1-6-20-19(22-11-18-23-12(2)13(3)27-18)21-10-15-7-8-17(26-5)16(9-15)24-14(4)25/h7-9H,6,10-11H2,1-5H3,(H,24,25)(H2,20,21,22). The monoisotopic (exact) mass is 389 g/mol. The molecule has 1 aromatic heterocycles. The Morgan fingerprint density at radius 3 is 2.67 bits per heavy atom. The number of hydrogen-bond acceptors (Lipinski definition) is 5. The number of methoxy groups -OCH3 is 1. The number of hydrogen-bond donors (Lipinski definition) is 3. The molecule has 3 N–H and O–H groups in total. The third-order valence-electron chi connectivity index (χ3n) is 3.82. The van der Waals surface area contributed by atoms with Crippen LogP contribution in [0.4, 0.5) is 5.69 Å². The van der Waals surface area contributed by atoms with Crippen LogP contribution in [0.3, 0.4) is 0 Å². The van der Waals surface area contributed by atoms with Crippen LogP contribution in [0.5, 0.6) is 5.75 Å². The number of aryl methyl sites for hydroxylation is 2. The molecular weight excluding hydrogens is 362 g/mol. The average Bonchev–Trinajstić information content (AvgIpc) is 2.95. The highest BCUT2D eigenvalue weighted by Gasteiger charge is 2.07. The average molecular weight is 390 g/mol. The van der Waals surface area contributed by atoms with E-state index < -0.39 is 0 Å². The van der Waals surface area contributed by atoms with Crippen molar-refractivity contribution in [2.24, 2.45) is 4.99 Å². The fourth-order valence-corrected chi connectivity index (χ4v) is 3.30. The summed E-state index contributed by atoms with van der Waals surface area (Å²) in [4.78, 5) is 21.8. The second-order valence-corrected chi connectivity index (χ2v) is 7.30. The van der Waals surface area contributed by atoms with Gasteiger partial charge in [0, 0.05) is 18.3 Å². The Kier molecular flexibility index (Phi) is 7.60. The van der Waals surface area contributed by atoms with Crippen LogP contribution in [-0.4, -0.2) is 30.5 Å². The maximum absolute atomic E-state index is 11.4. The highest BCUT2D eigenvalue weighted by Crippen LogP contribution is 2.25. The smallest absolute Gasteiger partial charge is 0.221 e. The number of rotatable bonds is 7. The lowest BCUT2D eigenvalue weighted by Crippen LogP contribution is -2.36. The highest BCUT2D eigenvalue weighted by atomic mass is 32.1. The van der Waals surface area contributed by atoms with Crippen molar-refractivity contribution in [2.75, 3.05) is 19.0 Å². The number of aliphatic imine (C=N–C) groups is 1. The first-order chi connectivity index (χ1) is 12.9. The number of amides is 1. The van der Waals surface area contributed by atoms with Crippen molar-refractivity contribution in [3.05, 3.63) is 39.3 Å². The fraction of sp³-hybridized carbons (Fsp3) is 0.421. The molecule has 0 aliphatic rings. The summed E-state index contributed by atoms with van der Waals surface area (Å²) < 4.78 is 5.28. The third kappa shape index (κ3) is 6.25. The van der Waals surface area contributed by atoms with E-state index in [0.29, 0.717) is 24.5 Å². The summed E-state index contributed by atoms with van der Waals surface area (Å²) in [5.41, 5.74) is 2.68. The fourth-order valence-electron chi connectivity index (χ4n) is 2.43. The van der Waals surface area contributed by atoms with E-state index in [0.717, 1.165) is 28.8 Å². The summed E-state index contributed by atoms with van der Waals surface area (Å²) >= 11 is 1.69. The largest absolute Gasteiger partial charge is 0.495 e. The van der Waals surface area contributed by atoms with Gasteiger partial charge < -0.3 is 20.7 Å². The van der Waals surface area contributed by atoms with Crippen LogP contribution in [0, 0.1) is 13.8 Å². The van der Waals surface area contributed by atoms with Gasteiger partial charge in [0.15, 0.2) is 5.96 Å². The Labute approximate surface area is 164 Å². The summed E-state index contributed by atoms with van der Waals surface area (Å²) in [7, 11) is 1.58. The Balaban J connectivity index is 2.07. The number of nitrogens with one attached hydrogen (secondary N) is 3. The zero-order valence-electron chi connectivity index (χ0n) is 16.5. The van der Waals surface area contributed by atoms with Gasteiger partial charge in [-0.3, -0.25) is 4.79 Å². The van der Waals surface area contributed by atoms with Gasteiger partial charge in [0.25, 0.3) is 0 Å². The minimum atomic E-state index is -0.141. The zero-order chi connectivity index (χ0) is 19.8. The van der Waals surface area contributed by atoms with Gasteiger partial charge in [0.1, 0.15) is 10.8 Å². The molecule has 1 aromatic carbocycles. The van der Waals surface area contributed by atoms with Gasteiger partial charge in [0.2, 0.25) is 5.91 Å². The van der Waals surface area contributed by atoms with Gasteiger partial charge in [-0.05, 0) is 38.5 Å². The molecule has 0 atom stereocenters. The van der Waals surface area contributed by atoms with Gasteiger partial charge in [-0.15, -0.1) is 11.3 Å². The molecule has 0 radical (unpaired) electrons. The molecule has 146 valence electrons. The Hall–Kier alpha value is -2.61. The summed E-state index contributed by atoms with van der Waals surface area (Å²) in [6.45, 7) is 9.46. The maximum Gasteiger partial charge on any atom is 0.221 e. The second kappa shape index (κ2) is 9.91. The molecule has 0 unspecified atom stereocenters. The predicted molar refractivity (Wildman–Crippen MR) is 111 cm³/mol. The van der Waals surface area contributed by atoms with E-state index in [1.54, 1.807) is 18.4 Å². The molecular formula is C19H27N5O2S. The lowest BCUT2D eigenvalue weighted by atomic mass is 10.2.